The number of ether oxygens (including phenoxy) is 1. The van der Waals surface area contributed by atoms with Crippen LogP contribution < -0.4 is 10.4 Å². The van der Waals surface area contributed by atoms with Crippen molar-refractivity contribution < 1.29 is 34.8 Å². The Morgan fingerprint density at radius 3 is 2.53 bits per heavy atom. The lowest BCUT2D eigenvalue weighted by molar-refractivity contribution is -0.146. The van der Waals surface area contributed by atoms with Crippen molar-refractivity contribution in [3.8, 4) is 5.75 Å². The molecule has 8 atom stereocenters. The number of esters is 1. The maximum Gasteiger partial charge on any atom is 0.337 e. The van der Waals surface area contributed by atoms with Gasteiger partial charge in [-0.15, -0.1) is 6.58 Å². The molecule has 176 valence electrons. The molecule has 0 aliphatic heterocycles. The summed E-state index contributed by atoms with van der Waals surface area (Å²) in [6, 6.07) is 1.31. The highest BCUT2D eigenvalue weighted by Gasteiger charge is 2.43. The molecule has 3 rings (SSSR count). The molecule has 1 saturated carbocycles. The van der Waals surface area contributed by atoms with Crippen LogP contribution >= 0.6 is 0 Å². The summed E-state index contributed by atoms with van der Waals surface area (Å²) in [6.45, 7) is 8.07. The van der Waals surface area contributed by atoms with Crippen molar-refractivity contribution in [3.63, 3.8) is 0 Å². The summed E-state index contributed by atoms with van der Waals surface area (Å²) in [5.41, 5.74) is -0.699. The fraction of sp³-hybridized carbons (Fsp3) is 0.565. The maximum atomic E-state index is 13.4. The van der Waals surface area contributed by atoms with Crippen molar-refractivity contribution in [1.29, 1.82) is 0 Å². The second-order valence-electron chi connectivity index (χ2n) is 8.84. The van der Waals surface area contributed by atoms with Gasteiger partial charge >= 0.3 is 5.97 Å². The van der Waals surface area contributed by atoms with Gasteiger partial charge in [-0.3, -0.25) is 4.79 Å². The maximum absolute atomic E-state index is 13.4. The van der Waals surface area contributed by atoms with Crippen molar-refractivity contribution in [2.75, 3.05) is 7.11 Å². The average molecular weight is 450 g/mol. The second-order valence-corrected chi connectivity index (χ2v) is 8.84. The average Bonchev–Trinajstić information content (AvgIpc) is 2.75. The van der Waals surface area contributed by atoms with Crippen LogP contribution in [0.4, 0.5) is 0 Å². The molecule has 1 aromatic rings. The lowest BCUT2D eigenvalue weighted by atomic mass is 9.66. The molecule has 4 N–H and O–H groups in total. The van der Waals surface area contributed by atoms with Crippen LogP contribution in [-0.2, 0) is 9.53 Å². The van der Waals surface area contributed by atoms with Crippen molar-refractivity contribution >= 4 is 5.97 Å². The first-order valence-electron chi connectivity index (χ1n) is 10.7. The minimum Gasteiger partial charge on any atom is -0.507 e. The number of allylic oxidation sites excluding steroid dienone is 1. The number of carbonyl (C=O) groups excluding carboxylic acids is 1. The largest absolute Gasteiger partial charge is 0.507 e. The van der Waals surface area contributed by atoms with Gasteiger partial charge in [0.1, 0.15) is 24.1 Å². The van der Waals surface area contributed by atoms with Gasteiger partial charge in [0.15, 0.2) is 6.10 Å². The smallest absolute Gasteiger partial charge is 0.337 e. The third-order valence-electron chi connectivity index (χ3n) is 6.55. The zero-order chi connectivity index (χ0) is 23.7. The Balaban J connectivity index is 2.03. The van der Waals surface area contributed by atoms with Crippen molar-refractivity contribution in [2.24, 2.45) is 17.8 Å². The molecule has 0 bridgehead atoms. The van der Waals surface area contributed by atoms with Crippen molar-refractivity contribution in [3.05, 3.63) is 52.5 Å². The third-order valence-corrected chi connectivity index (χ3v) is 6.55. The number of hydrogen-bond donors (Lipinski definition) is 4. The van der Waals surface area contributed by atoms with Gasteiger partial charge in [-0.2, -0.15) is 4.73 Å². The number of aromatic nitrogens is 1. The Morgan fingerprint density at radius 1 is 1.22 bits per heavy atom. The Hall–Kier alpha value is -2.62. The van der Waals surface area contributed by atoms with Gasteiger partial charge in [0, 0.05) is 12.0 Å². The number of rotatable bonds is 5. The van der Waals surface area contributed by atoms with E-state index in [2.05, 4.69) is 18.2 Å². The Labute approximate surface area is 186 Å². The summed E-state index contributed by atoms with van der Waals surface area (Å²) < 4.78 is 5.51. The van der Waals surface area contributed by atoms with Gasteiger partial charge in [-0.25, -0.2) is 4.79 Å². The highest BCUT2D eigenvalue weighted by atomic mass is 16.7. The molecule has 32 heavy (non-hydrogen) atoms. The quantitative estimate of drug-likeness (QED) is 0.377. The molecule has 2 aliphatic rings. The molecule has 0 radical (unpaired) electrons. The number of carbonyl (C=O) groups is 1. The Bertz CT molecular complexity index is 954. The van der Waals surface area contributed by atoms with Gasteiger partial charge in [-0.05, 0) is 36.7 Å². The minimum absolute atomic E-state index is 0.0223. The van der Waals surface area contributed by atoms with Crippen LogP contribution in [0, 0.1) is 17.8 Å². The summed E-state index contributed by atoms with van der Waals surface area (Å²) in [5.74, 6) is -0.812. The van der Waals surface area contributed by atoms with E-state index in [1.165, 1.54) is 12.3 Å². The van der Waals surface area contributed by atoms with Crippen molar-refractivity contribution in [1.82, 2.24) is 4.73 Å². The van der Waals surface area contributed by atoms with Crippen LogP contribution in [0.25, 0.3) is 0 Å². The summed E-state index contributed by atoms with van der Waals surface area (Å²) in [5, 5.41) is 41.0. The molecule has 0 unspecified atom stereocenters. The first-order valence-corrected chi connectivity index (χ1v) is 10.7. The van der Waals surface area contributed by atoms with E-state index >= 15 is 0 Å². The topological polar surface area (TPSA) is 138 Å². The molecule has 1 aromatic heterocycles. The van der Waals surface area contributed by atoms with E-state index in [9.17, 15) is 30.0 Å². The molecule has 0 spiro atoms. The van der Waals surface area contributed by atoms with E-state index < -0.39 is 35.9 Å². The Kier molecular flexibility index (Phi) is 7.12. The van der Waals surface area contributed by atoms with Crippen LogP contribution in [0.3, 0.4) is 0 Å². The molecule has 2 aliphatic carbocycles. The van der Waals surface area contributed by atoms with Crippen LogP contribution in [0.2, 0.25) is 0 Å². The van der Waals surface area contributed by atoms with E-state index in [-0.39, 0.29) is 34.6 Å². The van der Waals surface area contributed by atoms with Crippen LogP contribution in [0.15, 0.2) is 41.4 Å². The number of pyridine rings is 1. The predicted molar refractivity (Wildman–Crippen MR) is 115 cm³/mol. The highest BCUT2D eigenvalue weighted by Crippen LogP contribution is 2.45. The molecular formula is C23H31NO8. The summed E-state index contributed by atoms with van der Waals surface area (Å²) in [7, 11) is 1.12. The van der Waals surface area contributed by atoms with Crippen LogP contribution in [0.1, 0.15) is 38.2 Å². The van der Waals surface area contributed by atoms with E-state index in [4.69, 9.17) is 4.84 Å². The van der Waals surface area contributed by atoms with Gasteiger partial charge in [0.2, 0.25) is 0 Å². The molecule has 0 aromatic carbocycles. The zero-order valence-electron chi connectivity index (χ0n) is 18.4. The minimum atomic E-state index is -1.70. The van der Waals surface area contributed by atoms with Crippen LogP contribution in [0.5, 0.6) is 5.75 Å². The number of methoxy groups -OCH3 is 1. The predicted octanol–water partition coefficient (Wildman–Crippen LogP) is 0.499. The number of aliphatic hydroxyl groups excluding tert-OH is 3. The van der Waals surface area contributed by atoms with Gasteiger partial charge in [-0.1, -0.05) is 19.9 Å². The molecule has 9 heteroatoms. The lowest BCUT2D eigenvalue weighted by Gasteiger charge is -2.38. The SMILES string of the molecule is C=C[C@@H]1C[C@H](C)C[C@H](C)[C@H]1c1c(O)ccn(O[C@H]2C(C(=O)OC)=C[C@H](O)[C@H](O)[C@@H]2O)c1=O. The fourth-order valence-corrected chi connectivity index (χ4v) is 5.06. The third kappa shape index (κ3) is 4.32. The zero-order valence-corrected chi connectivity index (χ0v) is 18.4. The molecule has 1 heterocycles. The first-order chi connectivity index (χ1) is 15.1. The lowest BCUT2D eigenvalue weighted by Crippen LogP contribution is -2.55. The summed E-state index contributed by atoms with van der Waals surface area (Å²) in [6.07, 6.45) is -0.612. The van der Waals surface area contributed by atoms with Gasteiger partial charge in [0.25, 0.3) is 5.56 Å². The molecule has 9 nitrogen and oxygen atoms in total. The highest BCUT2D eigenvalue weighted by molar-refractivity contribution is 5.90. The van der Waals surface area contributed by atoms with E-state index in [1.807, 2.05) is 6.92 Å². The first kappa shape index (κ1) is 24.0. The van der Waals surface area contributed by atoms with Gasteiger partial charge in [0.05, 0.1) is 24.4 Å². The molecule has 0 amide bonds. The summed E-state index contributed by atoms with van der Waals surface area (Å²) >= 11 is 0. The Morgan fingerprint density at radius 2 is 1.91 bits per heavy atom. The van der Waals surface area contributed by atoms with Crippen molar-refractivity contribution in [2.45, 2.75) is 57.0 Å². The molecule has 0 saturated heterocycles. The van der Waals surface area contributed by atoms with E-state index in [1.54, 1.807) is 6.08 Å². The number of aromatic hydroxyl groups is 1. The van der Waals surface area contributed by atoms with Crippen LogP contribution in [-0.4, -0.2) is 62.7 Å². The van der Waals surface area contributed by atoms with E-state index in [0.717, 1.165) is 30.8 Å². The van der Waals surface area contributed by atoms with Gasteiger partial charge < -0.3 is 30.0 Å². The number of hydrogen-bond acceptors (Lipinski definition) is 8. The van der Waals surface area contributed by atoms with E-state index in [0.29, 0.717) is 5.92 Å². The fourth-order valence-electron chi connectivity index (χ4n) is 5.06. The second kappa shape index (κ2) is 9.48. The monoisotopic (exact) mass is 449 g/mol. The summed E-state index contributed by atoms with van der Waals surface area (Å²) in [4.78, 5) is 31.2. The molecular weight excluding hydrogens is 418 g/mol. The normalized spacial score (nSPS) is 35.0. The standard InChI is InChI=1S/C23H31NO8/c1-5-13-9-11(2)8-12(3)17(13)18-15(25)6-7-24(22(18)29)32-21-14(23(30)31-4)10-16(26)19(27)20(21)28/h5-7,10-13,16-17,19-21,25-28H,1,8-9H2,2-4H3/t11-,12+,13-,16+,17-,19+,20+,21+/m1/s1. The number of aliphatic hydroxyl groups is 3. The number of nitrogens with zero attached hydrogens (tertiary/aromatic N) is 1. The molecule has 1 fully saturated rings.